The highest BCUT2D eigenvalue weighted by Crippen LogP contribution is 2.37. The number of amides is 2. The summed E-state index contributed by atoms with van der Waals surface area (Å²) in [7, 11) is 0. The summed E-state index contributed by atoms with van der Waals surface area (Å²) >= 11 is 0. The Bertz CT molecular complexity index is 1250. The molecule has 0 radical (unpaired) electrons. The molecule has 0 saturated carbocycles. The molecule has 1 aliphatic heterocycles. The van der Waals surface area contributed by atoms with Crippen molar-refractivity contribution in [3.05, 3.63) is 47.5 Å². The van der Waals surface area contributed by atoms with Crippen LogP contribution in [0.15, 0.2) is 30.3 Å². The predicted octanol–water partition coefficient (Wildman–Crippen LogP) is 4.11. The molecule has 0 atom stereocenters. The van der Waals surface area contributed by atoms with Crippen molar-refractivity contribution in [2.45, 2.75) is 33.2 Å². The maximum absolute atomic E-state index is 14.1. The van der Waals surface area contributed by atoms with Crippen LogP contribution >= 0.6 is 0 Å². The van der Waals surface area contributed by atoms with Crippen molar-refractivity contribution >= 4 is 34.5 Å². The Labute approximate surface area is 181 Å². The van der Waals surface area contributed by atoms with Gasteiger partial charge in [-0.25, -0.2) is 14.1 Å². The summed E-state index contributed by atoms with van der Waals surface area (Å²) in [5.41, 5.74) is 0.0577. The molecule has 32 heavy (non-hydrogen) atoms. The highest BCUT2D eigenvalue weighted by molar-refractivity contribution is 6.22. The predicted molar refractivity (Wildman–Crippen MR) is 110 cm³/mol. The van der Waals surface area contributed by atoms with Gasteiger partial charge in [0, 0.05) is 24.8 Å². The highest BCUT2D eigenvalue weighted by atomic mass is 19.2. The number of benzene rings is 2. The Morgan fingerprint density at radius 2 is 1.84 bits per heavy atom. The van der Waals surface area contributed by atoms with E-state index in [-0.39, 0.29) is 41.3 Å². The molecule has 166 valence electrons. The van der Waals surface area contributed by atoms with Crippen molar-refractivity contribution < 1.29 is 33.0 Å². The van der Waals surface area contributed by atoms with Gasteiger partial charge in [-0.15, -0.1) is 0 Å². The van der Waals surface area contributed by atoms with Crippen LogP contribution in [0.25, 0.3) is 10.9 Å². The van der Waals surface area contributed by atoms with Gasteiger partial charge in [0.05, 0.1) is 5.52 Å². The number of halogens is 2. The largest absolute Gasteiger partial charge is 0.478 e. The molecule has 1 fully saturated rings. The number of carboxylic acids is 1. The number of carbonyl (C=O) groups is 3. The molecule has 2 amide bonds. The number of hydrogen-bond acceptors (Lipinski definition) is 5. The first kappa shape index (κ1) is 21.4. The molecule has 0 bridgehead atoms. The van der Waals surface area contributed by atoms with Gasteiger partial charge in [-0.3, -0.25) is 14.3 Å². The van der Waals surface area contributed by atoms with E-state index < -0.39 is 35.2 Å². The van der Waals surface area contributed by atoms with E-state index in [0.29, 0.717) is 12.1 Å². The monoisotopic (exact) mass is 443 g/mol. The second kappa shape index (κ2) is 8.03. The first-order valence-electron chi connectivity index (χ1n) is 9.93. The molecule has 8 nitrogen and oxygen atoms in total. The van der Waals surface area contributed by atoms with Crippen molar-refractivity contribution in [2.24, 2.45) is 5.92 Å². The fraction of sp³-hybridized carbons (Fsp3) is 0.273. The molecule has 0 unspecified atom stereocenters. The van der Waals surface area contributed by atoms with Gasteiger partial charge in [-0.05, 0) is 30.2 Å². The minimum absolute atomic E-state index is 0.0441. The third-order valence-corrected chi connectivity index (χ3v) is 5.00. The molecule has 0 aliphatic carbocycles. The summed E-state index contributed by atoms with van der Waals surface area (Å²) in [6, 6.07) is 5.85. The van der Waals surface area contributed by atoms with Gasteiger partial charge in [0.2, 0.25) is 17.6 Å². The number of aromatic nitrogens is 2. The van der Waals surface area contributed by atoms with E-state index in [1.54, 1.807) is 0 Å². The topological polar surface area (TPSA) is 102 Å². The number of carbonyl (C=O) groups excluding carboxylic acids is 2. The van der Waals surface area contributed by atoms with Crippen molar-refractivity contribution in [2.75, 3.05) is 4.90 Å². The standard InChI is InChI=1S/C22H19F2N3O5/c1-11(2)10-26-15-8-13(22(30)31)17(32-16-5-3-4-14(23)20(16)24)9-12(15)21(25-26)27-18(28)6-7-19(27)29/h3-5,8-9,11H,6-7,10H2,1-2H3,(H,30,31). The van der Waals surface area contributed by atoms with Crippen LogP contribution in [-0.4, -0.2) is 32.7 Å². The van der Waals surface area contributed by atoms with Gasteiger partial charge in [-0.1, -0.05) is 19.9 Å². The van der Waals surface area contributed by atoms with Gasteiger partial charge in [0.1, 0.15) is 11.3 Å². The molecule has 1 saturated heterocycles. The summed E-state index contributed by atoms with van der Waals surface area (Å²) in [5, 5.41) is 14.4. The minimum atomic E-state index is -1.36. The van der Waals surface area contributed by atoms with E-state index in [9.17, 15) is 28.3 Å². The van der Waals surface area contributed by atoms with E-state index >= 15 is 0 Å². The Balaban J connectivity index is 1.94. The first-order chi connectivity index (χ1) is 15.2. The lowest BCUT2D eigenvalue weighted by Gasteiger charge is -2.13. The lowest BCUT2D eigenvalue weighted by molar-refractivity contribution is -0.121. The number of ether oxygens (including phenoxy) is 1. The normalized spacial score (nSPS) is 14.1. The Morgan fingerprint density at radius 3 is 2.47 bits per heavy atom. The van der Waals surface area contributed by atoms with Gasteiger partial charge < -0.3 is 9.84 Å². The van der Waals surface area contributed by atoms with E-state index in [4.69, 9.17) is 4.74 Å². The van der Waals surface area contributed by atoms with Crippen molar-refractivity contribution in [3.63, 3.8) is 0 Å². The smallest absolute Gasteiger partial charge is 0.339 e. The van der Waals surface area contributed by atoms with Crippen molar-refractivity contribution in [1.82, 2.24) is 9.78 Å². The maximum atomic E-state index is 14.1. The summed E-state index contributed by atoms with van der Waals surface area (Å²) in [6.07, 6.45) is 0.0882. The number of anilines is 1. The molecule has 1 aliphatic rings. The quantitative estimate of drug-likeness (QED) is 0.575. The number of rotatable bonds is 6. The maximum Gasteiger partial charge on any atom is 0.339 e. The van der Waals surface area contributed by atoms with Crippen LogP contribution in [0.5, 0.6) is 11.5 Å². The Morgan fingerprint density at radius 1 is 1.16 bits per heavy atom. The third kappa shape index (κ3) is 3.68. The van der Waals surface area contributed by atoms with Crippen LogP contribution in [0, 0.1) is 17.6 Å². The summed E-state index contributed by atoms with van der Waals surface area (Å²) in [4.78, 5) is 37.5. The summed E-state index contributed by atoms with van der Waals surface area (Å²) in [5.74, 6) is -5.24. The fourth-order valence-corrected chi connectivity index (χ4v) is 3.58. The summed E-state index contributed by atoms with van der Waals surface area (Å²) in [6.45, 7) is 4.26. The van der Waals surface area contributed by atoms with Crippen LogP contribution in [-0.2, 0) is 16.1 Å². The molecule has 2 heterocycles. The molecular weight excluding hydrogens is 424 g/mol. The van der Waals surface area contributed by atoms with Crippen LogP contribution in [0.1, 0.15) is 37.0 Å². The van der Waals surface area contributed by atoms with E-state index in [2.05, 4.69) is 5.10 Å². The molecule has 3 aromatic rings. The van der Waals surface area contributed by atoms with E-state index in [1.807, 2.05) is 13.8 Å². The number of fused-ring (bicyclic) bond motifs is 1. The average Bonchev–Trinajstić information content (AvgIpc) is 3.23. The number of aromatic carboxylic acids is 1. The van der Waals surface area contributed by atoms with E-state index in [1.165, 1.54) is 22.9 Å². The minimum Gasteiger partial charge on any atom is -0.478 e. The van der Waals surface area contributed by atoms with Crippen LogP contribution in [0.4, 0.5) is 14.6 Å². The second-order valence-electron chi connectivity index (χ2n) is 7.85. The molecule has 1 aromatic heterocycles. The van der Waals surface area contributed by atoms with E-state index in [0.717, 1.165) is 17.0 Å². The zero-order chi connectivity index (χ0) is 23.2. The van der Waals surface area contributed by atoms with Gasteiger partial charge in [0.25, 0.3) is 0 Å². The molecule has 4 rings (SSSR count). The molecule has 2 aromatic carbocycles. The van der Waals surface area contributed by atoms with Gasteiger partial charge in [-0.2, -0.15) is 9.49 Å². The number of carboxylic acid groups (broad SMARTS) is 1. The average molecular weight is 443 g/mol. The third-order valence-electron chi connectivity index (χ3n) is 5.00. The number of hydrogen-bond donors (Lipinski definition) is 1. The van der Waals surface area contributed by atoms with Crippen LogP contribution < -0.4 is 9.64 Å². The lowest BCUT2D eigenvalue weighted by Crippen LogP contribution is -2.29. The summed E-state index contributed by atoms with van der Waals surface area (Å²) < 4.78 is 34.7. The zero-order valence-electron chi connectivity index (χ0n) is 17.3. The Hall–Kier alpha value is -3.82. The molecular formula is C22H19F2N3O5. The second-order valence-corrected chi connectivity index (χ2v) is 7.85. The molecule has 0 spiro atoms. The number of imide groups is 1. The van der Waals surface area contributed by atoms with Crippen LogP contribution in [0.3, 0.4) is 0 Å². The lowest BCUT2D eigenvalue weighted by atomic mass is 10.1. The number of nitrogens with zero attached hydrogens (tertiary/aromatic N) is 3. The zero-order valence-corrected chi connectivity index (χ0v) is 17.3. The highest BCUT2D eigenvalue weighted by Gasteiger charge is 2.34. The van der Waals surface area contributed by atoms with Gasteiger partial charge >= 0.3 is 5.97 Å². The van der Waals surface area contributed by atoms with Crippen LogP contribution in [0.2, 0.25) is 0 Å². The van der Waals surface area contributed by atoms with Crippen molar-refractivity contribution in [1.29, 1.82) is 0 Å². The first-order valence-corrected chi connectivity index (χ1v) is 9.93. The Kier molecular flexibility index (Phi) is 5.37. The van der Waals surface area contributed by atoms with Crippen molar-refractivity contribution in [3.8, 4) is 11.5 Å². The molecule has 1 N–H and O–H groups in total. The molecule has 10 heteroatoms. The SMILES string of the molecule is CC(C)Cn1nc(N2C(=O)CCC2=O)c2cc(Oc3cccc(F)c3F)c(C(=O)O)cc21. The fourth-order valence-electron chi connectivity index (χ4n) is 3.58. The van der Waals surface area contributed by atoms with Gasteiger partial charge in [0.15, 0.2) is 17.4 Å².